The third kappa shape index (κ3) is 12.7. The topological polar surface area (TPSA) is 182 Å². The van der Waals surface area contributed by atoms with Gasteiger partial charge in [-0.25, -0.2) is 0 Å². The van der Waals surface area contributed by atoms with E-state index in [-0.39, 0.29) is 25.2 Å². The molecule has 4 atom stereocenters. The van der Waals surface area contributed by atoms with Gasteiger partial charge in [0.15, 0.2) is 0 Å². The van der Waals surface area contributed by atoms with E-state index >= 15 is 0 Å². The summed E-state index contributed by atoms with van der Waals surface area (Å²) in [6.45, 7) is 6.69. The second kappa shape index (κ2) is 13.4. The first-order valence-corrected chi connectivity index (χ1v) is 17.4. The molecule has 0 aromatic carbocycles. The summed E-state index contributed by atoms with van der Waals surface area (Å²) in [6, 6.07) is 0. The minimum atomic E-state index is -4.58. The van der Waals surface area contributed by atoms with E-state index in [1.807, 2.05) is 9.80 Å². The Balaban J connectivity index is 1.99. The van der Waals surface area contributed by atoms with Crippen molar-refractivity contribution in [2.45, 2.75) is 19.3 Å². The maximum absolute atomic E-state index is 12.5. The molecule has 13 nitrogen and oxygen atoms in total. The fourth-order valence-corrected chi connectivity index (χ4v) is 9.52. The normalized spacial score (nSPS) is 28.0. The highest BCUT2D eigenvalue weighted by Crippen LogP contribution is 2.54. The molecule has 4 unspecified atom stereocenters. The van der Waals surface area contributed by atoms with Crippen molar-refractivity contribution in [1.29, 1.82) is 0 Å². The molecule has 2 saturated heterocycles. The van der Waals surface area contributed by atoms with Crippen LogP contribution < -0.4 is 0 Å². The first-order chi connectivity index (χ1) is 15.7. The zero-order chi connectivity index (χ0) is 25.4. The number of carboxylic acid groups (broad SMARTS) is 1. The van der Waals surface area contributed by atoms with Crippen molar-refractivity contribution in [2.75, 3.05) is 90.1 Å². The van der Waals surface area contributed by atoms with Crippen molar-refractivity contribution < 1.29 is 43.2 Å². The van der Waals surface area contributed by atoms with Crippen molar-refractivity contribution in [3.8, 4) is 0 Å². The van der Waals surface area contributed by atoms with Crippen molar-refractivity contribution in [3.63, 3.8) is 0 Å². The van der Waals surface area contributed by atoms with Crippen LogP contribution in [0.25, 0.3) is 0 Å². The van der Waals surface area contributed by atoms with Crippen LogP contribution in [0.15, 0.2) is 0 Å². The van der Waals surface area contributed by atoms with Crippen molar-refractivity contribution >= 4 is 28.3 Å². The Hall–Kier alpha value is -0.160. The Morgan fingerprint density at radius 1 is 0.647 bits per heavy atom. The lowest BCUT2D eigenvalue weighted by Crippen LogP contribution is -2.47. The third-order valence-electron chi connectivity index (χ3n) is 6.02. The van der Waals surface area contributed by atoms with Gasteiger partial charge in [-0.15, -0.1) is 0 Å². The summed E-state index contributed by atoms with van der Waals surface area (Å²) < 4.78 is 36.1. The molecular weight excluding hydrogens is 509 g/mol. The number of rotatable bonds is 9. The van der Waals surface area contributed by atoms with Gasteiger partial charge in [-0.1, -0.05) is 0 Å². The predicted octanol–water partition coefficient (Wildman–Crippen LogP) is 0.0675. The minimum absolute atomic E-state index is 0.0206. The van der Waals surface area contributed by atoms with E-state index in [2.05, 4.69) is 9.80 Å². The van der Waals surface area contributed by atoms with E-state index in [9.17, 15) is 28.3 Å². The molecule has 2 rings (SSSR count). The highest BCUT2D eigenvalue weighted by Gasteiger charge is 2.32. The average molecular weight is 548 g/mol. The highest BCUT2D eigenvalue weighted by atomic mass is 31.2. The first kappa shape index (κ1) is 30.1. The fraction of sp³-hybridized carbons (Fsp3) is 0.944. The summed E-state index contributed by atoms with van der Waals surface area (Å²) in [6.07, 6.45) is 0.645. The quantitative estimate of drug-likeness (QED) is 0.244. The van der Waals surface area contributed by atoms with Gasteiger partial charge in [0.25, 0.3) is 0 Å². The Bertz CT molecular complexity index is 812. The average Bonchev–Trinajstić information content (AvgIpc) is 2.68. The molecule has 2 aliphatic heterocycles. The van der Waals surface area contributed by atoms with Gasteiger partial charge >= 0.3 is 13.6 Å². The minimum Gasteiger partial charge on any atom is -0.481 e. The summed E-state index contributed by atoms with van der Waals surface area (Å²) in [5.74, 6) is -2.09. The highest BCUT2D eigenvalue weighted by molar-refractivity contribution is 7.72. The maximum Gasteiger partial charge on any atom is 0.335 e. The van der Waals surface area contributed by atoms with Crippen LogP contribution in [0.1, 0.15) is 19.3 Å². The monoisotopic (exact) mass is 548 g/mol. The number of carbonyl (C=O) groups is 1. The molecule has 16 heteroatoms. The van der Waals surface area contributed by atoms with E-state index in [0.717, 1.165) is 32.6 Å². The zero-order valence-electron chi connectivity index (χ0n) is 19.5. The lowest BCUT2D eigenvalue weighted by atomic mass is 10.2. The molecule has 0 aromatic heterocycles. The second-order valence-corrected chi connectivity index (χ2v) is 16.1. The number of nitrogens with zero attached hydrogens (tertiary/aromatic N) is 4. The number of aliphatic carboxylic acids is 1. The van der Waals surface area contributed by atoms with Crippen molar-refractivity contribution in [3.05, 3.63) is 0 Å². The second-order valence-electron chi connectivity index (χ2n) is 9.28. The van der Waals surface area contributed by atoms with Crippen molar-refractivity contribution in [2.24, 2.45) is 0 Å². The molecule has 0 saturated carbocycles. The SMILES string of the molecule is O=C(O)CCP(=O)(O)CN1CCCN2CCN(CCCN(CP(=O)(O)CP(=O)(O)O)CC2)CC1. The van der Waals surface area contributed by atoms with Gasteiger partial charge in [-0.05, 0) is 39.0 Å². The van der Waals surface area contributed by atoms with Gasteiger partial charge in [-0.2, -0.15) is 0 Å². The molecule has 0 aliphatic carbocycles. The summed E-state index contributed by atoms with van der Waals surface area (Å²) in [5.41, 5.74) is 0. The largest absolute Gasteiger partial charge is 0.481 e. The molecular formula is C18H39N4O9P3. The van der Waals surface area contributed by atoms with Crippen LogP contribution >= 0.6 is 22.3 Å². The predicted molar refractivity (Wildman–Crippen MR) is 129 cm³/mol. The Kier molecular flexibility index (Phi) is 11.9. The van der Waals surface area contributed by atoms with E-state index in [1.54, 1.807) is 0 Å². The Labute approximate surface area is 200 Å². The van der Waals surface area contributed by atoms with Gasteiger partial charge in [0, 0.05) is 45.4 Å². The molecule has 2 fully saturated rings. The van der Waals surface area contributed by atoms with Crippen molar-refractivity contribution in [1.82, 2.24) is 19.6 Å². The van der Waals surface area contributed by atoms with Crippen LogP contribution in [-0.4, -0.2) is 140 Å². The van der Waals surface area contributed by atoms with E-state index < -0.39 is 34.2 Å². The number of fused-ring (bicyclic) bond motifs is 3. The molecule has 0 radical (unpaired) electrons. The maximum atomic E-state index is 12.5. The zero-order valence-corrected chi connectivity index (χ0v) is 22.2. The molecule has 2 aliphatic rings. The third-order valence-corrected chi connectivity index (χ3v) is 11.9. The van der Waals surface area contributed by atoms with Crippen LogP contribution in [0.2, 0.25) is 0 Å². The first-order valence-electron chi connectivity index (χ1n) is 11.5. The Morgan fingerprint density at radius 3 is 1.53 bits per heavy atom. The summed E-state index contributed by atoms with van der Waals surface area (Å²) in [7, 11) is -12.1. The molecule has 2 heterocycles. The lowest BCUT2D eigenvalue weighted by Gasteiger charge is -2.36. The summed E-state index contributed by atoms with van der Waals surface area (Å²) >= 11 is 0. The van der Waals surface area contributed by atoms with Gasteiger partial charge < -0.3 is 34.5 Å². The van der Waals surface area contributed by atoms with Gasteiger partial charge in [0.05, 0.1) is 19.0 Å². The summed E-state index contributed by atoms with van der Waals surface area (Å²) in [5, 5.41) is 8.82. The fourth-order valence-electron chi connectivity index (χ4n) is 4.36. The van der Waals surface area contributed by atoms with E-state index in [4.69, 9.17) is 14.9 Å². The lowest BCUT2D eigenvalue weighted by molar-refractivity contribution is -0.136. The molecule has 34 heavy (non-hydrogen) atoms. The molecule has 0 aromatic rings. The molecule has 5 N–H and O–H groups in total. The van der Waals surface area contributed by atoms with Crippen LogP contribution in [0, 0.1) is 0 Å². The smallest absolute Gasteiger partial charge is 0.335 e. The number of hydrogen-bond donors (Lipinski definition) is 5. The van der Waals surface area contributed by atoms with Crippen LogP contribution in [0.4, 0.5) is 0 Å². The number of hydrogen-bond acceptors (Lipinski definition) is 8. The number of carboxylic acids is 1. The van der Waals surface area contributed by atoms with Gasteiger partial charge in [-0.3, -0.25) is 28.3 Å². The van der Waals surface area contributed by atoms with Crippen LogP contribution in [0.3, 0.4) is 0 Å². The molecule has 2 bridgehead atoms. The van der Waals surface area contributed by atoms with Crippen LogP contribution in [0.5, 0.6) is 0 Å². The standard InChI is InChI=1S/C18H39N4O9P3/c23-18(24)3-14-32(25,26)15-21-6-1-4-20-9-8-19(10-12-21)5-2-7-22(13-11-20)16-33(27,28)17-34(29,30)31/h1-17H2,(H,23,24)(H,25,26)(H,27,28)(H2,29,30,31). The van der Waals surface area contributed by atoms with Gasteiger partial charge in [0.1, 0.15) is 5.90 Å². The Morgan fingerprint density at radius 2 is 1.09 bits per heavy atom. The molecule has 0 amide bonds. The molecule has 0 spiro atoms. The molecule has 200 valence electrons. The van der Waals surface area contributed by atoms with E-state index in [1.165, 1.54) is 0 Å². The van der Waals surface area contributed by atoms with Gasteiger partial charge in [0.2, 0.25) is 14.7 Å². The summed E-state index contributed by atoms with van der Waals surface area (Å²) in [4.78, 5) is 57.6. The van der Waals surface area contributed by atoms with E-state index in [0.29, 0.717) is 45.7 Å². The van der Waals surface area contributed by atoms with Crippen LogP contribution in [-0.2, 0) is 18.5 Å².